The number of amides is 1. The quantitative estimate of drug-likeness (QED) is 0.630. The predicted molar refractivity (Wildman–Crippen MR) is 107 cm³/mol. The first-order valence-corrected chi connectivity index (χ1v) is 10.00. The van der Waals surface area contributed by atoms with Crippen molar-refractivity contribution in [1.29, 1.82) is 0 Å². The fourth-order valence-corrected chi connectivity index (χ4v) is 4.38. The lowest BCUT2D eigenvalue weighted by Crippen LogP contribution is -2.41. The fourth-order valence-electron chi connectivity index (χ4n) is 4.38. The van der Waals surface area contributed by atoms with Crippen LogP contribution in [0.25, 0.3) is 0 Å². The van der Waals surface area contributed by atoms with Gasteiger partial charge in [0.05, 0.1) is 0 Å². The third-order valence-corrected chi connectivity index (χ3v) is 5.82. The van der Waals surface area contributed by atoms with E-state index in [1.807, 2.05) is 18.2 Å². The molecule has 1 aromatic rings. The predicted octanol–water partition coefficient (Wildman–Crippen LogP) is 2.82. The minimum absolute atomic E-state index is 0.0392. The maximum atomic E-state index is 11.8. The van der Waals surface area contributed by atoms with Gasteiger partial charge in [0.1, 0.15) is 0 Å². The van der Waals surface area contributed by atoms with Crippen LogP contribution in [-0.4, -0.2) is 50.0 Å². The normalized spacial score (nSPS) is 19.2. The van der Waals surface area contributed by atoms with E-state index < -0.39 is 0 Å². The smallest absolute Gasteiger partial charge is 0.251 e. The monoisotopic (exact) mass is 356 g/mol. The zero-order valence-corrected chi connectivity index (χ0v) is 16.2. The lowest BCUT2D eigenvalue weighted by molar-refractivity contribution is 0.0963. The molecule has 3 rings (SSSR count). The maximum Gasteiger partial charge on any atom is 0.251 e. The average Bonchev–Trinajstić information content (AvgIpc) is 3.30. The Hall–Kier alpha value is -2.04. The van der Waals surface area contributed by atoms with Gasteiger partial charge in [-0.05, 0) is 55.7 Å². The van der Waals surface area contributed by atoms with Crippen LogP contribution in [0.5, 0.6) is 0 Å². The van der Waals surface area contributed by atoms with Crippen LogP contribution in [0, 0.1) is 5.41 Å². The summed E-state index contributed by atoms with van der Waals surface area (Å²) in [6.45, 7) is 6.05. The Labute approximate surface area is 157 Å². The zero-order valence-electron chi connectivity index (χ0n) is 16.2. The van der Waals surface area contributed by atoms with Crippen molar-refractivity contribution >= 4 is 11.9 Å². The largest absolute Gasteiger partial charge is 0.357 e. The molecule has 0 bridgehead atoms. The molecule has 2 aliphatic rings. The highest BCUT2D eigenvalue weighted by Gasteiger charge is 2.41. The first-order valence-electron chi connectivity index (χ1n) is 10.00. The second kappa shape index (κ2) is 8.56. The SMILES string of the molecule is CCNC(=NCCc1cccc(C(=O)NC)c1)N1CCC2(CCCC2)C1. The molecule has 0 atom stereocenters. The molecular formula is C21H32N4O. The molecule has 1 aliphatic carbocycles. The molecule has 142 valence electrons. The zero-order chi connectivity index (χ0) is 18.4. The standard InChI is InChI=1S/C21H32N4O/c1-3-23-20(25-14-12-21(16-25)10-4-5-11-21)24-13-9-17-7-6-8-18(15-17)19(26)22-2/h6-8,15H,3-5,9-14,16H2,1-2H3,(H,22,26)(H,23,24). The second-order valence-electron chi connectivity index (χ2n) is 7.64. The summed E-state index contributed by atoms with van der Waals surface area (Å²) in [7, 11) is 1.66. The van der Waals surface area contributed by atoms with E-state index in [0.29, 0.717) is 11.0 Å². The van der Waals surface area contributed by atoms with Gasteiger partial charge < -0.3 is 15.5 Å². The van der Waals surface area contributed by atoms with Gasteiger partial charge >= 0.3 is 0 Å². The van der Waals surface area contributed by atoms with E-state index in [9.17, 15) is 4.79 Å². The molecule has 0 unspecified atom stereocenters. The molecule has 1 aromatic carbocycles. The van der Waals surface area contributed by atoms with Crippen LogP contribution < -0.4 is 10.6 Å². The lowest BCUT2D eigenvalue weighted by atomic mass is 9.86. The number of hydrogen-bond donors (Lipinski definition) is 2. The summed E-state index contributed by atoms with van der Waals surface area (Å²) in [5.74, 6) is 1.02. The maximum absolute atomic E-state index is 11.8. The molecule has 5 nitrogen and oxygen atoms in total. The van der Waals surface area contributed by atoms with E-state index >= 15 is 0 Å². The number of hydrogen-bond acceptors (Lipinski definition) is 2. The Kier molecular flexibility index (Phi) is 6.17. The van der Waals surface area contributed by atoms with Gasteiger partial charge in [0, 0.05) is 38.8 Å². The highest BCUT2D eigenvalue weighted by Crippen LogP contribution is 2.45. The van der Waals surface area contributed by atoms with Crippen LogP contribution in [0.3, 0.4) is 0 Å². The van der Waals surface area contributed by atoms with E-state index in [4.69, 9.17) is 4.99 Å². The van der Waals surface area contributed by atoms with Crippen molar-refractivity contribution in [2.45, 2.75) is 45.4 Å². The van der Waals surface area contributed by atoms with Crippen molar-refractivity contribution in [2.75, 3.05) is 33.2 Å². The Morgan fingerprint density at radius 3 is 2.81 bits per heavy atom. The molecular weight excluding hydrogens is 324 g/mol. The number of nitrogens with zero attached hydrogens (tertiary/aromatic N) is 2. The van der Waals surface area contributed by atoms with E-state index in [2.05, 4.69) is 28.5 Å². The minimum Gasteiger partial charge on any atom is -0.357 e. The highest BCUT2D eigenvalue weighted by atomic mass is 16.1. The lowest BCUT2D eigenvalue weighted by Gasteiger charge is -2.26. The number of carbonyl (C=O) groups excluding carboxylic acids is 1. The third-order valence-electron chi connectivity index (χ3n) is 5.82. The van der Waals surface area contributed by atoms with Gasteiger partial charge in [-0.3, -0.25) is 9.79 Å². The van der Waals surface area contributed by atoms with E-state index in [0.717, 1.165) is 44.1 Å². The molecule has 1 aliphatic heterocycles. The number of carbonyl (C=O) groups is 1. The third kappa shape index (κ3) is 4.37. The first kappa shape index (κ1) is 18.7. The summed E-state index contributed by atoms with van der Waals surface area (Å²) in [6, 6.07) is 7.82. The molecule has 26 heavy (non-hydrogen) atoms. The summed E-state index contributed by atoms with van der Waals surface area (Å²) in [4.78, 5) is 19.1. The van der Waals surface area contributed by atoms with Crippen LogP contribution in [-0.2, 0) is 6.42 Å². The van der Waals surface area contributed by atoms with Gasteiger partial charge in [-0.25, -0.2) is 0 Å². The number of nitrogens with one attached hydrogen (secondary N) is 2. The van der Waals surface area contributed by atoms with E-state index in [1.54, 1.807) is 7.05 Å². The van der Waals surface area contributed by atoms with Crippen LogP contribution in [0.2, 0.25) is 0 Å². The summed E-state index contributed by atoms with van der Waals surface area (Å²) in [6.07, 6.45) is 7.71. The van der Waals surface area contributed by atoms with Crippen molar-refractivity contribution < 1.29 is 4.79 Å². The number of aliphatic imine (C=N–C) groups is 1. The van der Waals surface area contributed by atoms with Crippen molar-refractivity contribution in [3.05, 3.63) is 35.4 Å². The molecule has 1 heterocycles. The molecule has 2 N–H and O–H groups in total. The number of rotatable bonds is 5. The van der Waals surface area contributed by atoms with Crippen LogP contribution in [0.1, 0.15) is 54.9 Å². The first-order chi connectivity index (χ1) is 12.7. The van der Waals surface area contributed by atoms with E-state index in [-0.39, 0.29) is 5.91 Å². The molecule has 1 spiro atoms. The van der Waals surface area contributed by atoms with Crippen molar-refractivity contribution in [1.82, 2.24) is 15.5 Å². The van der Waals surface area contributed by atoms with Gasteiger partial charge in [-0.1, -0.05) is 25.0 Å². The van der Waals surface area contributed by atoms with Crippen molar-refractivity contribution in [3.8, 4) is 0 Å². The highest BCUT2D eigenvalue weighted by molar-refractivity contribution is 5.94. The number of likely N-dealkylation sites (tertiary alicyclic amines) is 1. The fraction of sp³-hybridized carbons (Fsp3) is 0.619. The summed E-state index contributed by atoms with van der Waals surface area (Å²) in [5, 5.41) is 6.14. The Bertz CT molecular complexity index is 649. The Morgan fingerprint density at radius 1 is 1.27 bits per heavy atom. The number of benzene rings is 1. The van der Waals surface area contributed by atoms with Gasteiger partial charge in [0.25, 0.3) is 5.91 Å². The molecule has 1 saturated heterocycles. The molecule has 1 saturated carbocycles. The molecule has 2 fully saturated rings. The van der Waals surface area contributed by atoms with Gasteiger partial charge in [0.2, 0.25) is 0 Å². The number of guanidine groups is 1. The Balaban J connectivity index is 1.60. The molecule has 5 heteroatoms. The Morgan fingerprint density at radius 2 is 2.08 bits per heavy atom. The van der Waals surface area contributed by atoms with Crippen LogP contribution in [0.15, 0.2) is 29.3 Å². The summed E-state index contributed by atoms with van der Waals surface area (Å²) < 4.78 is 0. The van der Waals surface area contributed by atoms with Crippen molar-refractivity contribution in [2.24, 2.45) is 10.4 Å². The molecule has 0 aromatic heterocycles. The van der Waals surface area contributed by atoms with Gasteiger partial charge in [-0.15, -0.1) is 0 Å². The van der Waals surface area contributed by atoms with Gasteiger partial charge in [0.15, 0.2) is 5.96 Å². The second-order valence-corrected chi connectivity index (χ2v) is 7.64. The molecule has 0 radical (unpaired) electrons. The van der Waals surface area contributed by atoms with Crippen molar-refractivity contribution in [3.63, 3.8) is 0 Å². The van der Waals surface area contributed by atoms with Crippen LogP contribution >= 0.6 is 0 Å². The summed E-state index contributed by atoms with van der Waals surface area (Å²) >= 11 is 0. The van der Waals surface area contributed by atoms with Gasteiger partial charge in [-0.2, -0.15) is 0 Å². The van der Waals surface area contributed by atoms with E-state index in [1.165, 1.54) is 32.1 Å². The average molecular weight is 357 g/mol. The minimum atomic E-state index is -0.0392. The topological polar surface area (TPSA) is 56.7 Å². The van der Waals surface area contributed by atoms with Crippen LogP contribution in [0.4, 0.5) is 0 Å². The molecule has 1 amide bonds. The summed E-state index contributed by atoms with van der Waals surface area (Å²) in [5.41, 5.74) is 2.42.